The number of carboxylic acid groups (broad SMARTS) is 1. The Balaban J connectivity index is 1.28. The minimum atomic E-state index is -0.822. The third-order valence-corrected chi connectivity index (χ3v) is 10.7. The maximum atomic E-state index is 13.5. The predicted molar refractivity (Wildman–Crippen MR) is 126 cm³/mol. The standard InChI is InChI=1S/C24H25N3O5S2/c28-14(29)6-2-1-3-8-27-22(30)17-12-9-13(18(17)23(27)31)19-16(12)15(11-5-4-7-25-10-11)20-21(33-19)26-24(32)34-20/h4-5,7,10,12-13,15-19H,1-3,6,8-9H2,(H,26,32)(H,28,29)/t12-,13-,15+,16-,17+,18-,19-/m1/s1. The SMILES string of the molecule is O=C(O)CCCCCN1C(=O)[C@@H]2[C@H]3C[C@@H]([C@@H]2C1=O)[C@@H]1[C@H](c2cccnc2)c2sc(=O)[nH]c2S[C@H]31. The average molecular weight is 500 g/mol. The van der Waals surface area contributed by atoms with Crippen LogP contribution < -0.4 is 4.87 Å². The highest BCUT2D eigenvalue weighted by Crippen LogP contribution is 2.68. The van der Waals surface area contributed by atoms with E-state index in [1.54, 1.807) is 18.0 Å². The number of carbonyl (C=O) groups excluding carboxylic acids is 2. The summed E-state index contributed by atoms with van der Waals surface area (Å²) in [7, 11) is 0. The largest absolute Gasteiger partial charge is 0.481 e. The number of pyridine rings is 1. The quantitative estimate of drug-likeness (QED) is 0.444. The van der Waals surface area contributed by atoms with E-state index in [0.29, 0.717) is 25.8 Å². The number of aromatic nitrogens is 2. The second-order valence-corrected chi connectivity index (χ2v) is 12.0. The van der Waals surface area contributed by atoms with Crippen LogP contribution in [0.25, 0.3) is 0 Å². The molecule has 34 heavy (non-hydrogen) atoms. The van der Waals surface area contributed by atoms with Crippen molar-refractivity contribution < 1.29 is 19.5 Å². The van der Waals surface area contributed by atoms with E-state index in [9.17, 15) is 19.2 Å². The number of aliphatic carboxylic acids is 1. The lowest BCUT2D eigenvalue weighted by molar-refractivity contribution is -0.141. The van der Waals surface area contributed by atoms with E-state index >= 15 is 0 Å². The van der Waals surface area contributed by atoms with Gasteiger partial charge in [0, 0.05) is 41.4 Å². The van der Waals surface area contributed by atoms with E-state index in [-0.39, 0.29) is 63.9 Å². The van der Waals surface area contributed by atoms with Crippen LogP contribution in [0.4, 0.5) is 0 Å². The number of H-pyrrole nitrogens is 1. The van der Waals surface area contributed by atoms with Gasteiger partial charge >= 0.3 is 10.8 Å². The number of rotatable bonds is 7. The molecule has 2 bridgehead atoms. The first-order valence-corrected chi connectivity index (χ1v) is 13.5. The number of hydrogen-bond donors (Lipinski definition) is 2. The molecule has 4 heterocycles. The van der Waals surface area contributed by atoms with Gasteiger partial charge in [-0.1, -0.05) is 23.8 Å². The number of carbonyl (C=O) groups is 3. The van der Waals surface area contributed by atoms with Gasteiger partial charge in [0.25, 0.3) is 0 Å². The van der Waals surface area contributed by atoms with Crippen molar-refractivity contribution in [3.8, 4) is 0 Å². The Morgan fingerprint density at radius 3 is 2.68 bits per heavy atom. The summed E-state index contributed by atoms with van der Waals surface area (Å²) in [5.41, 5.74) is 1.06. The molecule has 10 heteroatoms. The molecule has 0 unspecified atom stereocenters. The van der Waals surface area contributed by atoms with E-state index in [1.165, 1.54) is 16.2 Å². The molecule has 8 nitrogen and oxygen atoms in total. The van der Waals surface area contributed by atoms with Crippen LogP contribution in [-0.2, 0) is 14.4 Å². The van der Waals surface area contributed by atoms with Gasteiger partial charge in [0.2, 0.25) is 11.8 Å². The smallest absolute Gasteiger partial charge is 0.305 e. The fourth-order valence-corrected chi connectivity index (χ4v) is 9.84. The Kier molecular flexibility index (Phi) is 5.40. The molecule has 1 saturated heterocycles. The molecule has 2 aliphatic carbocycles. The van der Waals surface area contributed by atoms with Crippen LogP contribution in [-0.4, -0.2) is 49.6 Å². The summed E-state index contributed by atoms with van der Waals surface area (Å²) in [5, 5.41) is 9.90. The first-order chi connectivity index (χ1) is 16.5. The van der Waals surface area contributed by atoms with Crippen LogP contribution in [0.3, 0.4) is 0 Å². The van der Waals surface area contributed by atoms with Gasteiger partial charge in [-0.2, -0.15) is 0 Å². The highest BCUT2D eigenvalue weighted by Gasteiger charge is 2.69. The molecule has 2 aromatic heterocycles. The van der Waals surface area contributed by atoms with Crippen LogP contribution >= 0.6 is 23.1 Å². The molecule has 2 saturated carbocycles. The number of thioether (sulfide) groups is 1. The van der Waals surface area contributed by atoms with Crippen LogP contribution in [0, 0.1) is 29.6 Å². The van der Waals surface area contributed by atoms with Gasteiger partial charge in [-0.3, -0.25) is 29.1 Å². The highest BCUT2D eigenvalue weighted by atomic mass is 32.2. The van der Waals surface area contributed by atoms with Gasteiger partial charge < -0.3 is 10.1 Å². The van der Waals surface area contributed by atoms with E-state index in [0.717, 1.165) is 21.9 Å². The van der Waals surface area contributed by atoms with Crippen LogP contribution in [0.2, 0.25) is 0 Å². The van der Waals surface area contributed by atoms with E-state index < -0.39 is 5.97 Å². The number of fused-ring (bicyclic) bond motifs is 9. The van der Waals surface area contributed by atoms with Crippen molar-refractivity contribution in [1.29, 1.82) is 0 Å². The normalized spacial score (nSPS) is 33.2. The van der Waals surface area contributed by atoms with Crippen molar-refractivity contribution in [3.63, 3.8) is 0 Å². The van der Waals surface area contributed by atoms with Gasteiger partial charge in [0.1, 0.15) is 0 Å². The first kappa shape index (κ1) is 22.0. The van der Waals surface area contributed by atoms with Crippen molar-refractivity contribution in [3.05, 3.63) is 44.6 Å². The predicted octanol–water partition coefficient (Wildman–Crippen LogP) is 2.95. The maximum absolute atomic E-state index is 13.5. The first-order valence-electron chi connectivity index (χ1n) is 11.8. The fraction of sp³-hybridized carbons (Fsp3) is 0.542. The summed E-state index contributed by atoms with van der Waals surface area (Å²) in [6, 6.07) is 3.96. The minimum Gasteiger partial charge on any atom is -0.481 e. The molecular formula is C24H25N3O5S2. The molecule has 178 valence electrons. The van der Waals surface area contributed by atoms with Crippen LogP contribution in [0.5, 0.6) is 0 Å². The number of nitrogens with one attached hydrogen (secondary N) is 1. The number of imide groups is 1. The lowest BCUT2D eigenvalue weighted by Gasteiger charge is -2.42. The average Bonchev–Trinajstić information content (AvgIpc) is 3.54. The lowest BCUT2D eigenvalue weighted by Crippen LogP contribution is -2.42. The number of thiazole rings is 1. The van der Waals surface area contributed by atoms with Gasteiger partial charge in [-0.05, 0) is 48.6 Å². The molecule has 2 aromatic rings. The van der Waals surface area contributed by atoms with Crippen LogP contribution in [0.15, 0.2) is 34.3 Å². The Bertz CT molecular complexity index is 1210. The lowest BCUT2D eigenvalue weighted by atomic mass is 9.68. The number of hydrogen-bond acceptors (Lipinski definition) is 7. The molecule has 0 radical (unpaired) electrons. The van der Waals surface area contributed by atoms with E-state index in [4.69, 9.17) is 5.11 Å². The Hall–Kier alpha value is -2.46. The van der Waals surface area contributed by atoms with Crippen molar-refractivity contribution in [2.45, 2.75) is 48.3 Å². The maximum Gasteiger partial charge on any atom is 0.305 e. The summed E-state index contributed by atoms with van der Waals surface area (Å²) < 4.78 is 0. The van der Waals surface area contributed by atoms with E-state index in [2.05, 4.69) is 9.97 Å². The monoisotopic (exact) mass is 499 g/mol. The molecule has 2 amide bonds. The molecule has 0 aromatic carbocycles. The molecular weight excluding hydrogens is 474 g/mol. The van der Waals surface area contributed by atoms with Gasteiger partial charge in [-0.25, -0.2) is 0 Å². The summed E-state index contributed by atoms with van der Waals surface area (Å²) >= 11 is 2.94. The number of likely N-dealkylation sites (tertiary alicyclic amines) is 1. The topological polar surface area (TPSA) is 120 Å². The zero-order valence-corrected chi connectivity index (χ0v) is 20.0. The molecule has 2 aliphatic heterocycles. The molecule has 3 fully saturated rings. The van der Waals surface area contributed by atoms with Gasteiger partial charge in [-0.15, -0.1) is 11.8 Å². The molecule has 7 atom stereocenters. The summed E-state index contributed by atoms with van der Waals surface area (Å²) in [6.07, 6.45) is 6.46. The molecule has 4 aliphatic rings. The second kappa shape index (κ2) is 8.34. The third kappa shape index (κ3) is 3.29. The zero-order chi connectivity index (χ0) is 23.6. The van der Waals surface area contributed by atoms with Crippen molar-refractivity contribution >= 4 is 40.9 Å². The van der Waals surface area contributed by atoms with Crippen LogP contribution in [0.1, 0.15) is 48.5 Å². The van der Waals surface area contributed by atoms with Crippen molar-refractivity contribution in [2.75, 3.05) is 6.54 Å². The minimum absolute atomic E-state index is 0.00261. The number of amides is 2. The van der Waals surface area contributed by atoms with Gasteiger partial charge in [0.15, 0.2) is 0 Å². The number of carboxylic acids is 1. The Morgan fingerprint density at radius 1 is 1.15 bits per heavy atom. The number of aromatic amines is 1. The molecule has 6 rings (SSSR count). The number of unbranched alkanes of at least 4 members (excludes halogenated alkanes) is 2. The summed E-state index contributed by atoms with van der Waals surface area (Å²) in [5.74, 6) is -1.07. The Labute approximate surface area is 204 Å². The van der Waals surface area contributed by atoms with Gasteiger partial charge in [0.05, 0.1) is 16.9 Å². The second-order valence-electron chi connectivity index (χ2n) is 9.78. The van der Waals surface area contributed by atoms with Crippen molar-refractivity contribution in [1.82, 2.24) is 14.9 Å². The summed E-state index contributed by atoms with van der Waals surface area (Å²) in [4.78, 5) is 59.5. The highest BCUT2D eigenvalue weighted by molar-refractivity contribution is 8.00. The molecule has 2 N–H and O–H groups in total. The van der Waals surface area contributed by atoms with Crippen molar-refractivity contribution in [2.24, 2.45) is 29.6 Å². The third-order valence-electron chi connectivity index (χ3n) is 8.13. The molecule has 0 spiro atoms. The zero-order valence-electron chi connectivity index (χ0n) is 18.4. The summed E-state index contributed by atoms with van der Waals surface area (Å²) in [6.45, 7) is 0.374. The fourth-order valence-electron chi connectivity index (χ4n) is 6.96. The number of nitrogens with zero attached hydrogens (tertiary/aromatic N) is 2. The van der Waals surface area contributed by atoms with E-state index in [1.807, 2.05) is 18.3 Å². The Morgan fingerprint density at radius 2 is 1.94 bits per heavy atom.